The third-order valence-corrected chi connectivity index (χ3v) is 10.5. The van der Waals surface area contributed by atoms with Gasteiger partial charge in [0.05, 0.1) is 6.61 Å². The number of carbonyl (C=O) groups is 2. The molecule has 0 N–H and O–H groups in total. The van der Waals surface area contributed by atoms with Crippen molar-refractivity contribution in [3.8, 4) is 0 Å². The number of carbonyl (C=O) groups excluding carboxylic acids is 2. The predicted octanol–water partition coefficient (Wildman–Crippen LogP) is 5.99. The smallest absolute Gasteiger partial charge is 0.413 e. The zero-order chi connectivity index (χ0) is 22.6. The maximum atomic E-state index is 13.2. The topological polar surface area (TPSA) is 55.8 Å². The van der Waals surface area contributed by atoms with Gasteiger partial charge in [0, 0.05) is 7.36 Å². The maximum Gasteiger partial charge on any atom is 0.413 e. The molecule has 0 aliphatic rings. The van der Waals surface area contributed by atoms with Crippen LogP contribution in [0.2, 0.25) is 0 Å². The summed E-state index contributed by atoms with van der Waals surface area (Å²) in [5.41, 5.74) is 0.883. The summed E-state index contributed by atoms with van der Waals surface area (Å²) in [6.07, 6.45) is -0.559. The molecular formula is C21H32NO4PS3. The molecule has 1 aromatic rings. The predicted molar refractivity (Wildman–Crippen MR) is 132 cm³/mol. The van der Waals surface area contributed by atoms with Crippen LogP contribution in [0.15, 0.2) is 30.3 Å². The van der Waals surface area contributed by atoms with Crippen molar-refractivity contribution in [2.45, 2.75) is 45.2 Å². The first-order chi connectivity index (χ1) is 14.2. The lowest BCUT2D eigenvalue weighted by atomic mass is 10.2. The standard InChI is InChI=1S/C21H32NO4PS3/c1-6-25-19(23)12-22(20(24)26-13-18-10-8-7-9-11-18)21(27-28,29-14-16(2)3)30-15-17(4)5/h7-11,16-17H,6,12-15H2,1-5H3. The molecule has 0 bridgehead atoms. The van der Waals surface area contributed by atoms with Crippen LogP contribution in [-0.4, -0.2) is 45.6 Å². The Morgan fingerprint density at radius 2 is 1.63 bits per heavy atom. The number of rotatable bonds is 13. The lowest BCUT2D eigenvalue weighted by molar-refractivity contribution is -0.144. The van der Waals surface area contributed by atoms with Gasteiger partial charge in [-0.3, -0.25) is 9.69 Å². The third kappa shape index (κ3) is 9.54. The highest BCUT2D eigenvalue weighted by Crippen LogP contribution is 2.50. The second-order valence-electron chi connectivity index (χ2n) is 7.48. The number of ether oxygens (including phenoxy) is 2. The first-order valence-electron chi connectivity index (χ1n) is 10.00. The molecule has 0 aliphatic carbocycles. The second kappa shape index (κ2) is 14.3. The molecule has 5 nitrogen and oxygen atoms in total. The summed E-state index contributed by atoms with van der Waals surface area (Å²) in [6, 6.07) is 9.47. The van der Waals surface area contributed by atoms with Crippen LogP contribution in [0.1, 0.15) is 40.2 Å². The fraction of sp³-hybridized carbons (Fsp3) is 0.619. The van der Waals surface area contributed by atoms with E-state index in [0.717, 1.165) is 17.1 Å². The second-order valence-corrected chi connectivity index (χ2v) is 12.1. The summed E-state index contributed by atoms with van der Waals surface area (Å²) in [5, 5.41) is 0. The summed E-state index contributed by atoms with van der Waals surface area (Å²) in [7, 11) is 0.568. The minimum atomic E-state index is -0.801. The molecule has 1 amide bonds. The molecule has 0 saturated carbocycles. The Labute approximate surface area is 195 Å². The van der Waals surface area contributed by atoms with E-state index in [1.54, 1.807) is 30.4 Å². The van der Waals surface area contributed by atoms with Crippen LogP contribution < -0.4 is 0 Å². The van der Waals surface area contributed by atoms with E-state index in [1.807, 2.05) is 30.3 Å². The molecule has 0 saturated heterocycles. The van der Waals surface area contributed by atoms with E-state index in [4.69, 9.17) is 21.3 Å². The van der Waals surface area contributed by atoms with Gasteiger partial charge in [-0.2, -0.15) is 0 Å². The van der Waals surface area contributed by atoms with Gasteiger partial charge in [0.2, 0.25) is 0 Å². The molecule has 0 fully saturated rings. The molecule has 0 aromatic heterocycles. The molecule has 0 spiro atoms. The molecule has 0 unspecified atom stereocenters. The zero-order valence-electron chi connectivity index (χ0n) is 18.3. The van der Waals surface area contributed by atoms with E-state index in [1.165, 1.54) is 4.90 Å². The normalized spacial score (nSPS) is 11.7. The van der Waals surface area contributed by atoms with E-state index in [2.05, 4.69) is 27.7 Å². The van der Waals surface area contributed by atoms with E-state index in [9.17, 15) is 9.59 Å². The Morgan fingerprint density at radius 3 is 2.10 bits per heavy atom. The van der Waals surface area contributed by atoms with Crippen LogP contribution in [0.25, 0.3) is 0 Å². The van der Waals surface area contributed by atoms with Crippen molar-refractivity contribution < 1.29 is 19.1 Å². The maximum absolute atomic E-state index is 13.2. The van der Waals surface area contributed by atoms with Crippen molar-refractivity contribution in [1.82, 2.24) is 4.90 Å². The van der Waals surface area contributed by atoms with Crippen LogP contribution in [0, 0.1) is 11.8 Å². The van der Waals surface area contributed by atoms with Gasteiger partial charge in [0.1, 0.15) is 13.2 Å². The number of thioether (sulfide) groups is 2. The number of amides is 1. The van der Waals surface area contributed by atoms with Crippen molar-refractivity contribution in [3.63, 3.8) is 0 Å². The third-order valence-electron chi connectivity index (χ3n) is 3.68. The number of esters is 1. The van der Waals surface area contributed by atoms with E-state index < -0.39 is 16.0 Å². The van der Waals surface area contributed by atoms with Gasteiger partial charge in [0.15, 0.2) is 3.94 Å². The lowest BCUT2D eigenvalue weighted by Crippen LogP contribution is -2.48. The highest BCUT2D eigenvalue weighted by atomic mass is 32.4. The van der Waals surface area contributed by atoms with Crippen molar-refractivity contribution in [3.05, 3.63) is 35.9 Å². The summed E-state index contributed by atoms with van der Waals surface area (Å²) in [6.45, 7) is 10.4. The molecule has 1 rings (SSSR count). The minimum absolute atomic E-state index is 0.132. The molecule has 9 heteroatoms. The highest BCUT2D eigenvalue weighted by Gasteiger charge is 2.43. The zero-order valence-corrected chi connectivity index (χ0v) is 21.7. The lowest BCUT2D eigenvalue weighted by Gasteiger charge is -2.38. The first kappa shape index (κ1) is 27.2. The first-order valence-corrected chi connectivity index (χ1v) is 13.9. The number of hydrogen-bond donors (Lipinski definition) is 0. The van der Waals surface area contributed by atoms with Crippen LogP contribution in [0.5, 0.6) is 0 Å². The fourth-order valence-corrected chi connectivity index (χ4v) is 7.06. The SMILES string of the molecule is CCOC(=O)CN(C(=O)OCc1ccccc1)C(P=S)(SCC(C)C)SCC(C)C. The average Bonchev–Trinajstić information content (AvgIpc) is 2.72. The molecule has 0 aliphatic heterocycles. The van der Waals surface area contributed by atoms with Crippen molar-refractivity contribution in [2.24, 2.45) is 11.8 Å². The quantitative estimate of drug-likeness (QED) is 0.192. The molecule has 1 aromatic carbocycles. The fourth-order valence-electron chi connectivity index (χ4n) is 2.26. The number of benzene rings is 1. The van der Waals surface area contributed by atoms with Crippen molar-refractivity contribution in [2.75, 3.05) is 24.7 Å². The van der Waals surface area contributed by atoms with Crippen molar-refractivity contribution >= 4 is 54.7 Å². The van der Waals surface area contributed by atoms with Crippen LogP contribution in [0.3, 0.4) is 0 Å². The molecule has 0 heterocycles. The molecule has 0 atom stereocenters. The Morgan fingerprint density at radius 1 is 1.07 bits per heavy atom. The van der Waals surface area contributed by atoms with E-state index >= 15 is 0 Å². The Balaban J connectivity index is 3.16. The summed E-state index contributed by atoms with van der Waals surface area (Å²) in [5.74, 6) is 1.97. The number of hydrogen-bond acceptors (Lipinski definition) is 7. The summed E-state index contributed by atoms with van der Waals surface area (Å²) < 4.78 is 9.92. The summed E-state index contributed by atoms with van der Waals surface area (Å²) >= 11 is 8.71. The minimum Gasteiger partial charge on any atom is -0.465 e. The van der Waals surface area contributed by atoms with Gasteiger partial charge >= 0.3 is 12.1 Å². The van der Waals surface area contributed by atoms with Gasteiger partial charge in [-0.05, 0) is 35.8 Å². The summed E-state index contributed by atoms with van der Waals surface area (Å²) in [4.78, 5) is 27.0. The van der Waals surface area contributed by atoms with E-state index in [-0.39, 0.29) is 19.8 Å². The number of nitrogens with zero attached hydrogens (tertiary/aromatic N) is 1. The monoisotopic (exact) mass is 489 g/mol. The van der Waals surface area contributed by atoms with Gasteiger partial charge in [-0.25, -0.2) is 4.79 Å². The Kier molecular flexibility index (Phi) is 13.0. The van der Waals surface area contributed by atoms with Crippen LogP contribution >= 0.6 is 30.9 Å². The molecular weight excluding hydrogens is 457 g/mol. The molecule has 0 radical (unpaired) electrons. The average molecular weight is 490 g/mol. The van der Waals surface area contributed by atoms with Gasteiger partial charge in [0.25, 0.3) is 0 Å². The van der Waals surface area contributed by atoms with Crippen LogP contribution in [-0.2, 0) is 32.7 Å². The van der Waals surface area contributed by atoms with Crippen LogP contribution in [0.4, 0.5) is 4.79 Å². The largest absolute Gasteiger partial charge is 0.465 e. The Bertz CT molecular complexity index is 661. The highest BCUT2D eigenvalue weighted by molar-refractivity contribution is 8.27. The van der Waals surface area contributed by atoms with Crippen molar-refractivity contribution in [1.29, 1.82) is 0 Å². The Hall–Kier alpha value is -0.820. The van der Waals surface area contributed by atoms with E-state index in [0.29, 0.717) is 19.2 Å². The van der Waals surface area contributed by atoms with Gasteiger partial charge in [-0.1, -0.05) is 69.8 Å². The van der Waals surface area contributed by atoms with Gasteiger partial charge < -0.3 is 9.47 Å². The molecule has 30 heavy (non-hydrogen) atoms. The van der Waals surface area contributed by atoms with Gasteiger partial charge in [-0.15, -0.1) is 23.5 Å². The molecule has 168 valence electrons.